The second-order valence-corrected chi connectivity index (χ2v) is 9.87. The molecule has 1 fully saturated rings. The second-order valence-electron chi connectivity index (χ2n) is 9.87. The molecule has 2 aromatic rings. The molecule has 0 N–H and O–H groups in total. The fraction of sp³-hybridized carbons (Fsp3) is 0.419. The smallest absolute Gasteiger partial charge is 0.166 e. The molecule has 0 heterocycles. The van der Waals surface area contributed by atoms with Crippen molar-refractivity contribution in [3.05, 3.63) is 88.3 Å². The van der Waals surface area contributed by atoms with Crippen molar-refractivity contribution in [1.29, 1.82) is 0 Å². The van der Waals surface area contributed by atoms with Gasteiger partial charge >= 0.3 is 0 Å². The van der Waals surface area contributed by atoms with Gasteiger partial charge in [0.05, 0.1) is 0 Å². The van der Waals surface area contributed by atoms with Gasteiger partial charge in [0.25, 0.3) is 0 Å². The van der Waals surface area contributed by atoms with Gasteiger partial charge in [-0.1, -0.05) is 81.3 Å². The van der Waals surface area contributed by atoms with Gasteiger partial charge in [-0.3, -0.25) is 0 Å². The van der Waals surface area contributed by atoms with Gasteiger partial charge in [0.1, 0.15) is 5.83 Å². The van der Waals surface area contributed by atoms with E-state index < -0.39 is 11.6 Å². The van der Waals surface area contributed by atoms with Crippen LogP contribution in [0.5, 0.6) is 0 Å². The summed E-state index contributed by atoms with van der Waals surface area (Å²) in [5, 5.41) is 0. The SMILES string of the molecule is CCCC1CCC(c2ccc(/C=C/c3ccc(C4=CCC(CC)C=C4F)cc3)c(F)c2F)CC1. The van der Waals surface area contributed by atoms with E-state index in [4.69, 9.17) is 0 Å². The van der Waals surface area contributed by atoms with Crippen molar-refractivity contribution in [2.45, 2.75) is 71.1 Å². The van der Waals surface area contributed by atoms with E-state index >= 15 is 0 Å². The average Bonchev–Trinajstić information content (AvgIpc) is 2.86. The van der Waals surface area contributed by atoms with Crippen LogP contribution in [0.1, 0.15) is 93.4 Å². The summed E-state index contributed by atoms with van der Waals surface area (Å²) in [6.45, 7) is 4.27. The zero-order chi connectivity index (χ0) is 24.1. The first-order valence-corrected chi connectivity index (χ1v) is 12.8. The zero-order valence-corrected chi connectivity index (χ0v) is 20.3. The summed E-state index contributed by atoms with van der Waals surface area (Å²) in [5.41, 5.74) is 3.09. The lowest BCUT2D eigenvalue weighted by Crippen LogP contribution is -2.15. The number of rotatable bonds is 7. The van der Waals surface area contributed by atoms with Gasteiger partial charge in [0.2, 0.25) is 0 Å². The van der Waals surface area contributed by atoms with Gasteiger partial charge in [-0.15, -0.1) is 0 Å². The van der Waals surface area contributed by atoms with Gasteiger partial charge in [-0.25, -0.2) is 13.2 Å². The summed E-state index contributed by atoms with van der Waals surface area (Å²) >= 11 is 0. The molecule has 2 aliphatic carbocycles. The number of allylic oxidation sites excluding steroid dienone is 4. The molecule has 0 aliphatic heterocycles. The summed E-state index contributed by atoms with van der Waals surface area (Å²) in [5.74, 6) is -0.525. The first kappa shape index (κ1) is 24.6. The van der Waals surface area contributed by atoms with E-state index in [0.29, 0.717) is 11.1 Å². The van der Waals surface area contributed by atoms with Crippen molar-refractivity contribution in [2.75, 3.05) is 0 Å². The van der Waals surface area contributed by atoms with Gasteiger partial charge in [-0.05, 0) is 79.0 Å². The molecule has 180 valence electrons. The predicted octanol–water partition coefficient (Wildman–Crippen LogP) is 9.88. The Morgan fingerprint density at radius 2 is 1.59 bits per heavy atom. The zero-order valence-electron chi connectivity index (χ0n) is 20.3. The van der Waals surface area contributed by atoms with Gasteiger partial charge < -0.3 is 0 Å². The molecule has 0 spiro atoms. The minimum absolute atomic E-state index is 0.115. The maximum absolute atomic E-state index is 14.9. The summed E-state index contributed by atoms with van der Waals surface area (Å²) in [6.07, 6.45) is 15.3. The van der Waals surface area contributed by atoms with E-state index in [1.807, 2.05) is 30.3 Å². The van der Waals surface area contributed by atoms with E-state index in [-0.39, 0.29) is 23.2 Å². The number of hydrogen-bond acceptors (Lipinski definition) is 0. The number of benzene rings is 2. The monoisotopic (exact) mass is 464 g/mol. The molecule has 1 saturated carbocycles. The predicted molar refractivity (Wildman–Crippen MR) is 137 cm³/mol. The van der Waals surface area contributed by atoms with Crippen LogP contribution in [0, 0.1) is 23.5 Å². The average molecular weight is 465 g/mol. The lowest BCUT2D eigenvalue weighted by molar-refractivity contribution is 0.303. The Bertz CT molecular complexity index is 1070. The molecule has 0 amide bonds. The lowest BCUT2D eigenvalue weighted by atomic mass is 9.77. The van der Waals surface area contributed by atoms with Crippen LogP contribution in [0.2, 0.25) is 0 Å². The van der Waals surface area contributed by atoms with Crippen molar-refractivity contribution in [3.63, 3.8) is 0 Å². The Morgan fingerprint density at radius 1 is 0.853 bits per heavy atom. The van der Waals surface area contributed by atoms with E-state index in [0.717, 1.165) is 55.6 Å². The molecule has 2 aromatic carbocycles. The highest BCUT2D eigenvalue weighted by molar-refractivity contribution is 5.79. The fourth-order valence-corrected chi connectivity index (χ4v) is 5.43. The number of halogens is 3. The summed E-state index contributed by atoms with van der Waals surface area (Å²) in [4.78, 5) is 0. The molecular formula is C31H35F3. The van der Waals surface area contributed by atoms with Crippen LogP contribution in [0.3, 0.4) is 0 Å². The Kier molecular flexibility index (Phi) is 8.13. The van der Waals surface area contributed by atoms with Crippen LogP contribution < -0.4 is 0 Å². The second kappa shape index (κ2) is 11.3. The third kappa shape index (κ3) is 5.56. The molecule has 0 radical (unpaired) electrons. The molecule has 0 aromatic heterocycles. The maximum Gasteiger partial charge on any atom is 0.166 e. The molecule has 0 saturated heterocycles. The normalized spacial score (nSPS) is 23.1. The van der Waals surface area contributed by atoms with E-state index in [1.54, 1.807) is 30.4 Å². The van der Waals surface area contributed by atoms with Crippen LogP contribution in [0.4, 0.5) is 13.2 Å². The minimum Gasteiger partial charge on any atom is -0.207 e. The van der Waals surface area contributed by atoms with E-state index in [2.05, 4.69) is 13.8 Å². The third-order valence-electron chi connectivity index (χ3n) is 7.59. The summed E-state index contributed by atoms with van der Waals surface area (Å²) in [6, 6.07) is 11.0. The molecule has 3 heteroatoms. The maximum atomic E-state index is 14.9. The molecule has 0 bridgehead atoms. The lowest BCUT2D eigenvalue weighted by Gasteiger charge is -2.29. The van der Waals surface area contributed by atoms with Crippen molar-refractivity contribution in [2.24, 2.45) is 11.8 Å². The minimum atomic E-state index is -0.772. The highest BCUT2D eigenvalue weighted by atomic mass is 19.2. The molecule has 4 rings (SSSR count). The fourth-order valence-electron chi connectivity index (χ4n) is 5.43. The first-order valence-electron chi connectivity index (χ1n) is 12.8. The molecular weight excluding hydrogens is 429 g/mol. The standard InChI is InChI=1S/C31H35F3/c1-3-5-22-6-14-25(15-7-22)28-19-17-26(30(33)31(28)34)16-10-23-8-12-24(13-9-23)27-18-11-21(4-2)20-29(27)32/h8-10,12-13,16-22,25H,3-7,11,14-15H2,1-2H3/b16-10+. The van der Waals surface area contributed by atoms with Crippen molar-refractivity contribution in [3.8, 4) is 0 Å². The molecule has 1 atom stereocenters. The van der Waals surface area contributed by atoms with Crippen molar-refractivity contribution >= 4 is 17.7 Å². The highest BCUT2D eigenvalue weighted by Crippen LogP contribution is 2.39. The van der Waals surface area contributed by atoms with E-state index in [9.17, 15) is 13.2 Å². The van der Waals surface area contributed by atoms with E-state index in [1.165, 1.54) is 12.8 Å². The van der Waals surface area contributed by atoms with Crippen LogP contribution in [-0.2, 0) is 0 Å². The molecule has 2 aliphatic rings. The van der Waals surface area contributed by atoms with Gasteiger partial charge in [-0.2, -0.15) is 0 Å². The largest absolute Gasteiger partial charge is 0.207 e. The Balaban J connectivity index is 1.43. The van der Waals surface area contributed by atoms with Crippen molar-refractivity contribution in [1.82, 2.24) is 0 Å². The highest BCUT2D eigenvalue weighted by Gasteiger charge is 2.25. The quantitative estimate of drug-likeness (QED) is 0.358. The Hall–Kier alpha value is -2.55. The van der Waals surface area contributed by atoms with Crippen molar-refractivity contribution < 1.29 is 13.2 Å². The summed E-state index contributed by atoms with van der Waals surface area (Å²) in [7, 11) is 0. The summed E-state index contributed by atoms with van der Waals surface area (Å²) < 4.78 is 44.2. The Morgan fingerprint density at radius 3 is 2.24 bits per heavy atom. The van der Waals surface area contributed by atoms with Crippen LogP contribution >= 0.6 is 0 Å². The first-order chi connectivity index (χ1) is 16.5. The van der Waals surface area contributed by atoms with Crippen LogP contribution in [0.25, 0.3) is 17.7 Å². The third-order valence-corrected chi connectivity index (χ3v) is 7.59. The van der Waals surface area contributed by atoms with Gasteiger partial charge in [0.15, 0.2) is 11.6 Å². The van der Waals surface area contributed by atoms with Crippen LogP contribution in [0.15, 0.2) is 54.4 Å². The molecule has 1 unspecified atom stereocenters. The topological polar surface area (TPSA) is 0 Å². The molecule has 34 heavy (non-hydrogen) atoms. The van der Waals surface area contributed by atoms with Gasteiger partial charge in [0, 0.05) is 11.1 Å². The van der Waals surface area contributed by atoms with Crippen LogP contribution in [-0.4, -0.2) is 0 Å². The number of hydrogen-bond donors (Lipinski definition) is 0. The Labute approximate surface area is 202 Å². The molecule has 0 nitrogen and oxygen atoms in total.